The van der Waals surface area contributed by atoms with Gasteiger partial charge in [0.05, 0.1) is 29.4 Å². The van der Waals surface area contributed by atoms with Crippen LogP contribution in [0.15, 0.2) is 28.7 Å². The van der Waals surface area contributed by atoms with Crippen LogP contribution in [0.5, 0.6) is 5.75 Å². The number of nitro benzene ring substituents is 1. The molecule has 0 radical (unpaired) electrons. The van der Waals surface area contributed by atoms with Crippen molar-refractivity contribution in [2.75, 3.05) is 45.2 Å². The van der Waals surface area contributed by atoms with E-state index >= 15 is 0 Å². The lowest BCUT2D eigenvalue weighted by Crippen LogP contribution is -2.49. The van der Waals surface area contributed by atoms with Gasteiger partial charge in [-0.2, -0.15) is 0 Å². The molecule has 0 saturated carbocycles. The molecule has 2 heterocycles. The normalized spacial score (nSPS) is 14.4. The molecule has 0 bridgehead atoms. The minimum absolute atomic E-state index is 0.0305. The highest BCUT2D eigenvalue weighted by atomic mass is 16.6. The summed E-state index contributed by atoms with van der Waals surface area (Å²) in [5.74, 6) is 1.34. The molecule has 0 spiro atoms. The average molecular weight is 430 g/mol. The van der Waals surface area contributed by atoms with Crippen molar-refractivity contribution in [2.45, 2.75) is 20.3 Å². The van der Waals surface area contributed by atoms with Crippen LogP contribution in [0.4, 0.5) is 11.4 Å². The Bertz CT molecular complexity index is 978. The maximum Gasteiger partial charge on any atom is 0.273 e. The van der Waals surface area contributed by atoms with Gasteiger partial charge >= 0.3 is 0 Å². The first-order valence-electron chi connectivity index (χ1n) is 9.99. The Labute approximate surface area is 179 Å². The largest absolute Gasteiger partial charge is 0.494 e. The van der Waals surface area contributed by atoms with Crippen LogP contribution in [0.2, 0.25) is 0 Å². The minimum atomic E-state index is -0.520. The van der Waals surface area contributed by atoms with Crippen LogP contribution >= 0.6 is 0 Å². The molecule has 1 N–H and O–H groups in total. The zero-order chi connectivity index (χ0) is 22.5. The average Bonchev–Trinajstić information content (AvgIpc) is 3.10. The molecule has 1 saturated heterocycles. The molecular formula is C21H26N4O6. The zero-order valence-electron chi connectivity index (χ0n) is 17.8. The molecule has 10 nitrogen and oxygen atoms in total. The lowest BCUT2D eigenvalue weighted by atomic mass is 10.2. The third kappa shape index (κ3) is 5.40. The van der Waals surface area contributed by atoms with Gasteiger partial charge in [-0.3, -0.25) is 24.6 Å². The molecule has 1 aromatic heterocycles. The number of anilines is 1. The number of carbonyl (C=O) groups is 2. The highest BCUT2D eigenvalue weighted by molar-refractivity contribution is 5.95. The van der Waals surface area contributed by atoms with Gasteiger partial charge in [-0.15, -0.1) is 0 Å². The highest BCUT2D eigenvalue weighted by Crippen LogP contribution is 2.29. The summed E-state index contributed by atoms with van der Waals surface area (Å²) in [6.07, 6.45) is 0.258. The zero-order valence-corrected chi connectivity index (χ0v) is 17.8. The SMILES string of the molecule is COc1cc([N+](=O)[O-])ccc1NC(=O)CCN1CCN(C(=O)c2cc(C)oc2C)CC1. The number of nitrogens with one attached hydrogen (secondary N) is 1. The van der Waals surface area contributed by atoms with E-state index in [1.165, 1.54) is 25.3 Å². The number of amides is 2. The third-order valence-electron chi connectivity index (χ3n) is 5.26. The molecule has 1 aliphatic rings. The number of hydrogen-bond acceptors (Lipinski definition) is 7. The van der Waals surface area contributed by atoms with Crippen molar-refractivity contribution in [2.24, 2.45) is 0 Å². The molecule has 166 valence electrons. The minimum Gasteiger partial charge on any atom is -0.494 e. The van der Waals surface area contributed by atoms with Crippen molar-refractivity contribution >= 4 is 23.2 Å². The van der Waals surface area contributed by atoms with Crippen LogP contribution < -0.4 is 10.1 Å². The number of rotatable bonds is 7. The maximum atomic E-state index is 12.7. The van der Waals surface area contributed by atoms with E-state index in [-0.39, 0.29) is 29.7 Å². The topological polar surface area (TPSA) is 118 Å². The summed E-state index contributed by atoms with van der Waals surface area (Å²) in [5, 5.41) is 13.6. The van der Waals surface area contributed by atoms with Gasteiger partial charge in [0.15, 0.2) is 0 Å². The Morgan fingerprint density at radius 1 is 1.19 bits per heavy atom. The third-order valence-corrected chi connectivity index (χ3v) is 5.26. The van der Waals surface area contributed by atoms with E-state index in [1.807, 2.05) is 6.92 Å². The number of non-ortho nitro benzene ring substituents is 1. The lowest BCUT2D eigenvalue weighted by Gasteiger charge is -2.34. The molecule has 0 aliphatic carbocycles. The Hall–Kier alpha value is -3.40. The fraction of sp³-hybridized carbons (Fsp3) is 0.429. The predicted molar refractivity (Wildman–Crippen MR) is 113 cm³/mol. The van der Waals surface area contributed by atoms with E-state index in [0.717, 1.165) is 5.76 Å². The van der Waals surface area contributed by atoms with Crippen LogP contribution in [0, 0.1) is 24.0 Å². The number of benzene rings is 1. The quantitative estimate of drug-likeness (QED) is 0.530. The Balaban J connectivity index is 1.47. The molecule has 10 heteroatoms. The van der Waals surface area contributed by atoms with E-state index in [2.05, 4.69) is 10.2 Å². The number of piperazine rings is 1. The van der Waals surface area contributed by atoms with Gasteiger partial charge in [0.25, 0.3) is 11.6 Å². The number of nitro groups is 1. The maximum absolute atomic E-state index is 12.7. The summed E-state index contributed by atoms with van der Waals surface area (Å²) < 4.78 is 10.6. The number of ether oxygens (including phenoxy) is 1. The molecule has 2 amide bonds. The smallest absolute Gasteiger partial charge is 0.273 e. The van der Waals surface area contributed by atoms with E-state index < -0.39 is 4.92 Å². The van der Waals surface area contributed by atoms with Gasteiger partial charge in [0, 0.05) is 45.2 Å². The van der Waals surface area contributed by atoms with Crippen LogP contribution in [-0.2, 0) is 4.79 Å². The summed E-state index contributed by atoms with van der Waals surface area (Å²) in [5.41, 5.74) is 0.879. The number of furan rings is 1. The number of nitrogens with zero attached hydrogens (tertiary/aromatic N) is 3. The van der Waals surface area contributed by atoms with Gasteiger partial charge < -0.3 is 19.4 Å². The number of methoxy groups -OCH3 is 1. The predicted octanol–water partition coefficient (Wildman–Crippen LogP) is 2.60. The summed E-state index contributed by atoms with van der Waals surface area (Å²) in [7, 11) is 1.39. The second-order valence-corrected chi connectivity index (χ2v) is 7.40. The van der Waals surface area contributed by atoms with Crippen molar-refractivity contribution in [3.63, 3.8) is 0 Å². The fourth-order valence-corrected chi connectivity index (χ4v) is 3.56. The monoisotopic (exact) mass is 430 g/mol. The molecule has 1 aromatic carbocycles. The standard InChI is InChI=1S/C21H26N4O6/c1-14-12-17(15(2)31-14)21(27)24-10-8-23(9-11-24)7-6-20(26)22-18-5-4-16(25(28)29)13-19(18)30-3/h4-5,12-13H,6-11H2,1-3H3,(H,22,26). The second kappa shape index (κ2) is 9.61. The van der Waals surface area contributed by atoms with Crippen LogP contribution in [-0.4, -0.2) is 66.4 Å². The van der Waals surface area contributed by atoms with Crippen LogP contribution in [0.25, 0.3) is 0 Å². The van der Waals surface area contributed by atoms with Gasteiger partial charge in [-0.1, -0.05) is 0 Å². The van der Waals surface area contributed by atoms with Crippen molar-refractivity contribution in [1.82, 2.24) is 9.80 Å². The number of aryl methyl sites for hydroxylation is 2. The molecular weight excluding hydrogens is 404 g/mol. The molecule has 2 aromatic rings. The van der Waals surface area contributed by atoms with E-state index in [0.29, 0.717) is 49.7 Å². The number of carbonyl (C=O) groups excluding carboxylic acids is 2. The van der Waals surface area contributed by atoms with Crippen molar-refractivity contribution in [1.29, 1.82) is 0 Å². The Kier molecular flexibility index (Phi) is 6.91. The first-order valence-corrected chi connectivity index (χ1v) is 9.99. The van der Waals surface area contributed by atoms with Crippen LogP contribution in [0.1, 0.15) is 28.3 Å². The first-order chi connectivity index (χ1) is 14.8. The van der Waals surface area contributed by atoms with Gasteiger partial charge in [-0.05, 0) is 26.0 Å². The van der Waals surface area contributed by atoms with Gasteiger partial charge in [-0.25, -0.2) is 0 Å². The molecule has 3 rings (SSSR count). The van der Waals surface area contributed by atoms with Crippen molar-refractivity contribution < 1.29 is 23.7 Å². The molecule has 31 heavy (non-hydrogen) atoms. The second-order valence-electron chi connectivity index (χ2n) is 7.40. The summed E-state index contributed by atoms with van der Waals surface area (Å²) in [4.78, 5) is 39.3. The Morgan fingerprint density at radius 2 is 1.90 bits per heavy atom. The lowest BCUT2D eigenvalue weighted by molar-refractivity contribution is -0.384. The molecule has 1 fully saturated rings. The van der Waals surface area contributed by atoms with Crippen LogP contribution in [0.3, 0.4) is 0 Å². The Morgan fingerprint density at radius 3 is 2.48 bits per heavy atom. The number of hydrogen-bond donors (Lipinski definition) is 1. The van der Waals surface area contributed by atoms with Crippen molar-refractivity contribution in [3.05, 3.63) is 51.5 Å². The van der Waals surface area contributed by atoms with E-state index in [9.17, 15) is 19.7 Å². The molecule has 1 aliphatic heterocycles. The van der Waals surface area contributed by atoms with E-state index in [1.54, 1.807) is 17.9 Å². The highest BCUT2D eigenvalue weighted by Gasteiger charge is 2.25. The fourth-order valence-electron chi connectivity index (χ4n) is 3.56. The summed E-state index contributed by atoms with van der Waals surface area (Å²) >= 11 is 0. The van der Waals surface area contributed by atoms with Crippen molar-refractivity contribution in [3.8, 4) is 5.75 Å². The molecule has 0 atom stereocenters. The van der Waals surface area contributed by atoms with E-state index in [4.69, 9.17) is 9.15 Å². The van der Waals surface area contributed by atoms with Gasteiger partial charge in [0.2, 0.25) is 5.91 Å². The molecule has 0 unspecified atom stereocenters. The first kappa shape index (κ1) is 22.3. The summed E-state index contributed by atoms with van der Waals surface area (Å²) in [6, 6.07) is 5.81. The van der Waals surface area contributed by atoms with Gasteiger partial charge in [0.1, 0.15) is 17.3 Å². The summed E-state index contributed by atoms with van der Waals surface area (Å²) in [6.45, 7) is 6.67.